The lowest BCUT2D eigenvalue weighted by Gasteiger charge is -2.40. The number of nitrogens with zero attached hydrogens (tertiary/aromatic N) is 1. The Balaban J connectivity index is 1.31. The van der Waals surface area contributed by atoms with E-state index < -0.39 is 0 Å². The second-order valence-electron chi connectivity index (χ2n) is 8.14. The summed E-state index contributed by atoms with van der Waals surface area (Å²) < 4.78 is 17.8. The van der Waals surface area contributed by atoms with Crippen LogP contribution >= 0.6 is 0 Å². The molecule has 2 N–H and O–H groups in total. The second kappa shape index (κ2) is 9.14. The highest BCUT2D eigenvalue weighted by atomic mass is 16.5. The van der Waals surface area contributed by atoms with Crippen LogP contribution in [0.2, 0.25) is 0 Å². The van der Waals surface area contributed by atoms with E-state index in [1.807, 2.05) is 7.05 Å². The molecule has 1 saturated carbocycles. The molecular weight excluding hydrogens is 354 g/mol. The van der Waals surface area contributed by atoms with Crippen molar-refractivity contribution in [2.24, 2.45) is 4.99 Å². The molecule has 6 heteroatoms. The average Bonchev–Trinajstić information content (AvgIpc) is 3.39. The van der Waals surface area contributed by atoms with Gasteiger partial charge in [-0.05, 0) is 44.6 Å². The summed E-state index contributed by atoms with van der Waals surface area (Å²) in [6.07, 6.45) is 8.32. The normalized spacial score (nSPS) is 26.1. The third-order valence-electron chi connectivity index (χ3n) is 6.11. The number of benzene rings is 1. The van der Waals surface area contributed by atoms with E-state index >= 15 is 0 Å². The van der Waals surface area contributed by atoms with Crippen LogP contribution in [0.25, 0.3) is 0 Å². The molecule has 0 radical (unpaired) electrons. The summed E-state index contributed by atoms with van der Waals surface area (Å²) in [5, 5.41) is 7.01. The summed E-state index contributed by atoms with van der Waals surface area (Å²) in [6.45, 7) is 2.93. The predicted molar refractivity (Wildman–Crippen MR) is 110 cm³/mol. The summed E-state index contributed by atoms with van der Waals surface area (Å²) >= 11 is 0. The molecule has 4 rings (SSSR count). The molecule has 28 heavy (non-hydrogen) atoms. The van der Waals surface area contributed by atoms with Crippen molar-refractivity contribution in [2.45, 2.75) is 62.7 Å². The summed E-state index contributed by atoms with van der Waals surface area (Å²) in [5.74, 6) is 1.83. The molecule has 2 unspecified atom stereocenters. The van der Waals surface area contributed by atoms with Gasteiger partial charge in [0.25, 0.3) is 0 Å². The van der Waals surface area contributed by atoms with Crippen molar-refractivity contribution in [3.63, 3.8) is 0 Å². The Morgan fingerprint density at radius 1 is 1.25 bits per heavy atom. The zero-order valence-electron chi connectivity index (χ0n) is 16.9. The lowest BCUT2D eigenvalue weighted by molar-refractivity contribution is 0.0190. The van der Waals surface area contributed by atoms with E-state index in [0.29, 0.717) is 13.2 Å². The largest absolute Gasteiger partial charge is 0.487 e. The molecule has 154 valence electrons. The van der Waals surface area contributed by atoms with Crippen LogP contribution in [0.1, 0.15) is 56.6 Å². The lowest BCUT2D eigenvalue weighted by Crippen LogP contribution is -2.47. The van der Waals surface area contributed by atoms with Gasteiger partial charge >= 0.3 is 0 Å². The number of hydrogen-bond donors (Lipinski definition) is 2. The Morgan fingerprint density at radius 3 is 2.89 bits per heavy atom. The van der Waals surface area contributed by atoms with Crippen LogP contribution in [-0.2, 0) is 9.47 Å². The van der Waals surface area contributed by atoms with E-state index in [9.17, 15) is 0 Å². The molecule has 0 aromatic heterocycles. The van der Waals surface area contributed by atoms with Gasteiger partial charge in [0.2, 0.25) is 0 Å². The number of ether oxygens (including phenoxy) is 3. The van der Waals surface area contributed by atoms with Gasteiger partial charge in [0.05, 0.1) is 25.4 Å². The molecule has 0 amide bonds. The fraction of sp³-hybridized carbons (Fsp3) is 0.682. The minimum atomic E-state index is -0.0186. The first-order valence-electron chi connectivity index (χ1n) is 10.7. The van der Waals surface area contributed by atoms with Crippen molar-refractivity contribution in [3.8, 4) is 5.75 Å². The average molecular weight is 388 g/mol. The number of hydrogen-bond acceptors (Lipinski definition) is 4. The maximum Gasteiger partial charge on any atom is 0.191 e. The molecular formula is C22H33N3O3. The van der Waals surface area contributed by atoms with E-state index in [1.54, 1.807) is 0 Å². The Labute approximate surface area is 168 Å². The number of para-hydroxylation sites is 1. The van der Waals surface area contributed by atoms with E-state index in [1.165, 1.54) is 18.4 Å². The standard InChI is InChI=1S/C22H33N3O3/c1-23-21(24-12-14-26-16-17-7-6-13-27-17)25-19-15-22(10-4-5-11-22)28-20-9-3-2-8-18(19)20/h2-3,8-9,17,19H,4-7,10-16H2,1H3,(H2,23,24,25). The van der Waals surface area contributed by atoms with Crippen LogP contribution in [0.15, 0.2) is 29.3 Å². The molecule has 1 saturated heterocycles. The fourth-order valence-electron chi connectivity index (χ4n) is 4.66. The SMILES string of the molecule is CN=C(NCCOCC1CCCO1)NC1CC2(CCCC2)Oc2ccccc21. The highest BCUT2D eigenvalue weighted by Crippen LogP contribution is 2.46. The van der Waals surface area contributed by atoms with Crippen LogP contribution in [0.3, 0.4) is 0 Å². The highest BCUT2D eigenvalue weighted by Gasteiger charge is 2.43. The van der Waals surface area contributed by atoms with Crippen molar-refractivity contribution in [1.82, 2.24) is 10.6 Å². The first-order valence-corrected chi connectivity index (χ1v) is 10.7. The molecule has 2 aliphatic heterocycles. The van der Waals surface area contributed by atoms with Gasteiger partial charge in [-0.3, -0.25) is 4.99 Å². The van der Waals surface area contributed by atoms with Crippen LogP contribution in [0.5, 0.6) is 5.75 Å². The molecule has 1 aromatic carbocycles. The lowest BCUT2D eigenvalue weighted by atomic mass is 9.86. The van der Waals surface area contributed by atoms with E-state index in [0.717, 1.165) is 57.0 Å². The van der Waals surface area contributed by atoms with Crippen molar-refractivity contribution in [3.05, 3.63) is 29.8 Å². The van der Waals surface area contributed by atoms with Crippen LogP contribution in [0.4, 0.5) is 0 Å². The van der Waals surface area contributed by atoms with Gasteiger partial charge in [-0.1, -0.05) is 18.2 Å². The molecule has 1 spiro atoms. The summed E-state index contributed by atoms with van der Waals surface area (Å²) in [5.41, 5.74) is 1.20. The number of aliphatic imine (C=N–C) groups is 1. The smallest absolute Gasteiger partial charge is 0.191 e. The summed E-state index contributed by atoms with van der Waals surface area (Å²) in [7, 11) is 1.82. The van der Waals surface area contributed by atoms with E-state index in [-0.39, 0.29) is 17.7 Å². The molecule has 0 bridgehead atoms. The second-order valence-corrected chi connectivity index (χ2v) is 8.14. The van der Waals surface area contributed by atoms with Crippen molar-refractivity contribution in [2.75, 3.05) is 33.4 Å². The van der Waals surface area contributed by atoms with Gasteiger partial charge < -0.3 is 24.8 Å². The first-order chi connectivity index (χ1) is 13.8. The van der Waals surface area contributed by atoms with Crippen LogP contribution in [-0.4, -0.2) is 51.1 Å². The van der Waals surface area contributed by atoms with Gasteiger partial charge in [-0.25, -0.2) is 0 Å². The first kappa shape index (κ1) is 19.5. The number of guanidine groups is 1. The van der Waals surface area contributed by atoms with Crippen molar-refractivity contribution >= 4 is 5.96 Å². The Kier molecular flexibility index (Phi) is 6.37. The maximum atomic E-state index is 6.46. The topological polar surface area (TPSA) is 64.1 Å². The number of rotatable bonds is 6. The molecule has 1 aromatic rings. The van der Waals surface area contributed by atoms with Gasteiger partial charge in [0.15, 0.2) is 5.96 Å². The summed E-state index contributed by atoms with van der Waals surface area (Å²) in [4.78, 5) is 4.42. The molecule has 2 atom stereocenters. The van der Waals surface area contributed by atoms with Gasteiger partial charge in [-0.2, -0.15) is 0 Å². The summed E-state index contributed by atoms with van der Waals surface area (Å²) in [6, 6.07) is 8.61. The van der Waals surface area contributed by atoms with E-state index in [2.05, 4.69) is 39.9 Å². The third-order valence-corrected chi connectivity index (χ3v) is 6.11. The molecule has 2 heterocycles. The Hall–Kier alpha value is -1.79. The minimum Gasteiger partial charge on any atom is -0.487 e. The molecule has 2 fully saturated rings. The van der Waals surface area contributed by atoms with Crippen LogP contribution in [0, 0.1) is 0 Å². The quantitative estimate of drug-likeness (QED) is 0.446. The van der Waals surface area contributed by atoms with Gasteiger partial charge in [0, 0.05) is 32.2 Å². The van der Waals surface area contributed by atoms with Crippen molar-refractivity contribution < 1.29 is 14.2 Å². The van der Waals surface area contributed by atoms with Gasteiger partial charge in [-0.15, -0.1) is 0 Å². The Morgan fingerprint density at radius 2 is 2.11 bits per heavy atom. The maximum absolute atomic E-state index is 6.46. The highest BCUT2D eigenvalue weighted by molar-refractivity contribution is 5.80. The Bertz CT molecular complexity index is 667. The van der Waals surface area contributed by atoms with E-state index in [4.69, 9.17) is 14.2 Å². The van der Waals surface area contributed by atoms with Crippen molar-refractivity contribution in [1.29, 1.82) is 0 Å². The van der Waals surface area contributed by atoms with Gasteiger partial charge in [0.1, 0.15) is 11.4 Å². The number of nitrogens with one attached hydrogen (secondary N) is 2. The minimum absolute atomic E-state index is 0.0186. The molecule has 6 nitrogen and oxygen atoms in total. The number of fused-ring (bicyclic) bond motifs is 1. The molecule has 3 aliphatic rings. The monoisotopic (exact) mass is 387 g/mol. The molecule has 1 aliphatic carbocycles. The zero-order chi connectivity index (χ0) is 19.2. The third kappa shape index (κ3) is 4.61. The van der Waals surface area contributed by atoms with Crippen LogP contribution < -0.4 is 15.4 Å². The zero-order valence-corrected chi connectivity index (χ0v) is 16.9. The fourth-order valence-corrected chi connectivity index (χ4v) is 4.66. The predicted octanol–water partition coefficient (Wildman–Crippen LogP) is 3.18.